The van der Waals surface area contributed by atoms with Crippen LogP contribution in [0.3, 0.4) is 0 Å². The summed E-state index contributed by atoms with van der Waals surface area (Å²) >= 11 is 0. The van der Waals surface area contributed by atoms with Gasteiger partial charge in [-0.15, -0.1) is 0 Å². The van der Waals surface area contributed by atoms with Gasteiger partial charge in [-0.1, -0.05) is 24.3 Å². The van der Waals surface area contributed by atoms with E-state index in [4.69, 9.17) is 10.1 Å². The molecule has 0 atom stereocenters. The molecule has 4 aromatic rings. The Kier molecular flexibility index (Phi) is 5.08. The Labute approximate surface area is 170 Å². The van der Waals surface area contributed by atoms with Crippen molar-refractivity contribution in [1.82, 2.24) is 24.7 Å². The highest BCUT2D eigenvalue weighted by Gasteiger charge is 2.15. The third kappa shape index (κ3) is 3.74. The van der Waals surface area contributed by atoms with E-state index < -0.39 is 0 Å². The fourth-order valence-electron chi connectivity index (χ4n) is 3.33. The first-order valence-corrected chi connectivity index (χ1v) is 9.65. The van der Waals surface area contributed by atoms with Crippen LogP contribution in [-0.2, 0) is 6.54 Å². The minimum absolute atomic E-state index is 0.629. The minimum atomic E-state index is 0.629. The standard InChI is InChI=1S/C23H24N6/c1-15-16(2)26-23(21-12-8-9-13-24-21)27-22(15)25-14-20-17(3)28-29(18(20)4)19-10-6-5-7-11-19/h5-13H,14H2,1-4H3,(H,25,26,27). The number of nitrogens with zero attached hydrogens (tertiary/aromatic N) is 5. The molecule has 0 radical (unpaired) electrons. The maximum Gasteiger partial charge on any atom is 0.180 e. The van der Waals surface area contributed by atoms with Crippen LogP contribution < -0.4 is 5.32 Å². The van der Waals surface area contributed by atoms with Gasteiger partial charge in [0.2, 0.25) is 0 Å². The second kappa shape index (κ2) is 7.83. The maximum absolute atomic E-state index is 4.73. The Bertz CT molecular complexity index is 1130. The Morgan fingerprint density at radius 2 is 1.62 bits per heavy atom. The summed E-state index contributed by atoms with van der Waals surface area (Å²) in [4.78, 5) is 13.7. The molecule has 0 saturated carbocycles. The summed E-state index contributed by atoms with van der Waals surface area (Å²) in [5, 5.41) is 8.23. The van der Waals surface area contributed by atoms with Crippen molar-refractivity contribution in [1.29, 1.82) is 0 Å². The van der Waals surface area contributed by atoms with Gasteiger partial charge in [-0.25, -0.2) is 14.6 Å². The lowest BCUT2D eigenvalue weighted by Gasteiger charge is -2.12. The molecule has 0 bridgehead atoms. The van der Waals surface area contributed by atoms with Crippen molar-refractivity contribution < 1.29 is 0 Å². The van der Waals surface area contributed by atoms with E-state index in [0.29, 0.717) is 12.4 Å². The molecule has 0 saturated heterocycles. The van der Waals surface area contributed by atoms with Crippen LogP contribution in [0.25, 0.3) is 17.2 Å². The molecule has 0 aliphatic carbocycles. The average Bonchev–Trinajstić information content (AvgIpc) is 3.04. The number of hydrogen-bond acceptors (Lipinski definition) is 5. The molecule has 6 nitrogen and oxygen atoms in total. The second-order valence-corrected chi connectivity index (χ2v) is 7.07. The molecule has 3 aromatic heterocycles. The first kappa shape index (κ1) is 18.8. The van der Waals surface area contributed by atoms with Crippen LogP contribution in [0.4, 0.5) is 5.82 Å². The summed E-state index contributed by atoms with van der Waals surface area (Å²) in [6.07, 6.45) is 1.76. The topological polar surface area (TPSA) is 68.5 Å². The molecule has 0 aliphatic rings. The Morgan fingerprint density at radius 1 is 0.862 bits per heavy atom. The van der Waals surface area contributed by atoms with Crippen LogP contribution in [0, 0.1) is 27.7 Å². The van der Waals surface area contributed by atoms with Gasteiger partial charge in [0.1, 0.15) is 11.5 Å². The fourth-order valence-corrected chi connectivity index (χ4v) is 3.33. The number of nitrogens with one attached hydrogen (secondary N) is 1. The van der Waals surface area contributed by atoms with Gasteiger partial charge in [0, 0.05) is 35.3 Å². The monoisotopic (exact) mass is 384 g/mol. The summed E-state index contributed by atoms with van der Waals surface area (Å²) in [5.41, 5.74) is 7.10. The summed E-state index contributed by atoms with van der Waals surface area (Å²) in [5.74, 6) is 1.45. The van der Waals surface area contributed by atoms with Gasteiger partial charge in [-0.3, -0.25) is 4.98 Å². The van der Waals surface area contributed by atoms with E-state index in [1.54, 1.807) is 6.20 Å². The Hall–Kier alpha value is -3.54. The van der Waals surface area contributed by atoms with Crippen molar-refractivity contribution in [2.75, 3.05) is 5.32 Å². The molecule has 29 heavy (non-hydrogen) atoms. The predicted octanol–water partition coefficient (Wildman–Crippen LogP) is 4.57. The smallest absolute Gasteiger partial charge is 0.180 e. The lowest BCUT2D eigenvalue weighted by Crippen LogP contribution is -2.08. The number of rotatable bonds is 5. The molecule has 0 aliphatic heterocycles. The zero-order valence-corrected chi connectivity index (χ0v) is 17.1. The number of aromatic nitrogens is 5. The largest absolute Gasteiger partial charge is 0.366 e. The first-order valence-electron chi connectivity index (χ1n) is 9.65. The van der Waals surface area contributed by atoms with Gasteiger partial charge in [0.15, 0.2) is 5.82 Å². The predicted molar refractivity (Wildman–Crippen MR) is 115 cm³/mol. The zero-order valence-electron chi connectivity index (χ0n) is 17.1. The van der Waals surface area contributed by atoms with E-state index in [-0.39, 0.29) is 0 Å². The van der Waals surface area contributed by atoms with Crippen LogP contribution >= 0.6 is 0 Å². The molecule has 4 rings (SSSR count). The minimum Gasteiger partial charge on any atom is -0.366 e. The van der Waals surface area contributed by atoms with Gasteiger partial charge < -0.3 is 5.32 Å². The highest BCUT2D eigenvalue weighted by molar-refractivity contribution is 5.56. The molecule has 1 aromatic carbocycles. The lowest BCUT2D eigenvalue weighted by atomic mass is 10.2. The van der Waals surface area contributed by atoms with Gasteiger partial charge in [-0.2, -0.15) is 5.10 Å². The number of hydrogen-bond donors (Lipinski definition) is 1. The number of aryl methyl sites for hydroxylation is 2. The lowest BCUT2D eigenvalue weighted by molar-refractivity contribution is 0.832. The summed E-state index contributed by atoms with van der Waals surface area (Å²) in [7, 11) is 0. The van der Waals surface area contributed by atoms with Crippen LogP contribution in [0.2, 0.25) is 0 Å². The van der Waals surface area contributed by atoms with Crippen molar-refractivity contribution in [2.24, 2.45) is 0 Å². The Balaban J connectivity index is 1.63. The molecule has 3 heterocycles. The molecular formula is C23H24N6. The summed E-state index contributed by atoms with van der Waals surface area (Å²) in [6.45, 7) is 8.82. The molecule has 0 unspecified atom stereocenters. The number of pyridine rings is 1. The SMILES string of the molecule is Cc1nc(-c2ccccn2)nc(NCc2c(C)nn(-c3ccccc3)c2C)c1C. The third-order valence-electron chi connectivity index (χ3n) is 5.16. The highest BCUT2D eigenvalue weighted by Crippen LogP contribution is 2.23. The van der Waals surface area contributed by atoms with Gasteiger partial charge in [0.25, 0.3) is 0 Å². The van der Waals surface area contributed by atoms with E-state index in [1.165, 1.54) is 5.56 Å². The van der Waals surface area contributed by atoms with Crippen LogP contribution in [-0.4, -0.2) is 24.7 Å². The number of anilines is 1. The van der Waals surface area contributed by atoms with Crippen molar-refractivity contribution in [3.05, 3.63) is 82.9 Å². The van der Waals surface area contributed by atoms with E-state index in [9.17, 15) is 0 Å². The zero-order chi connectivity index (χ0) is 20.4. The summed E-state index contributed by atoms with van der Waals surface area (Å²) < 4.78 is 1.99. The highest BCUT2D eigenvalue weighted by atomic mass is 15.3. The third-order valence-corrected chi connectivity index (χ3v) is 5.16. The van der Waals surface area contributed by atoms with Crippen LogP contribution in [0.15, 0.2) is 54.7 Å². The molecule has 0 spiro atoms. The van der Waals surface area contributed by atoms with E-state index in [0.717, 1.165) is 39.8 Å². The van der Waals surface area contributed by atoms with Crippen molar-refractivity contribution >= 4 is 5.82 Å². The van der Waals surface area contributed by atoms with Gasteiger partial charge in [0.05, 0.1) is 11.4 Å². The molecular weight excluding hydrogens is 360 g/mol. The van der Waals surface area contributed by atoms with E-state index in [1.807, 2.05) is 61.9 Å². The first-order chi connectivity index (χ1) is 14.0. The van der Waals surface area contributed by atoms with Crippen molar-refractivity contribution in [3.8, 4) is 17.2 Å². The van der Waals surface area contributed by atoms with E-state index >= 15 is 0 Å². The van der Waals surface area contributed by atoms with E-state index in [2.05, 4.69) is 34.3 Å². The molecule has 0 amide bonds. The van der Waals surface area contributed by atoms with Gasteiger partial charge >= 0.3 is 0 Å². The fraction of sp³-hybridized carbons (Fsp3) is 0.217. The van der Waals surface area contributed by atoms with Crippen molar-refractivity contribution in [2.45, 2.75) is 34.2 Å². The molecule has 146 valence electrons. The van der Waals surface area contributed by atoms with Crippen molar-refractivity contribution in [3.63, 3.8) is 0 Å². The Morgan fingerprint density at radius 3 is 2.34 bits per heavy atom. The second-order valence-electron chi connectivity index (χ2n) is 7.07. The normalized spacial score (nSPS) is 10.9. The van der Waals surface area contributed by atoms with Crippen LogP contribution in [0.5, 0.6) is 0 Å². The van der Waals surface area contributed by atoms with Crippen LogP contribution in [0.1, 0.15) is 28.2 Å². The average molecular weight is 384 g/mol. The molecule has 1 N–H and O–H groups in total. The number of benzene rings is 1. The number of para-hydroxylation sites is 1. The molecule has 6 heteroatoms. The van der Waals surface area contributed by atoms with Gasteiger partial charge in [-0.05, 0) is 52.0 Å². The maximum atomic E-state index is 4.73. The summed E-state index contributed by atoms with van der Waals surface area (Å²) in [6, 6.07) is 15.9. The quantitative estimate of drug-likeness (QED) is 0.546. The molecule has 0 fully saturated rings.